The van der Waals surface area contributed by atoms with Gasteiger partial charge in [0.05, 0.1) is 10.0 Å². The van der Waals surface area contributed by atoms with Gasteiger partial charge in [-0.05, 0) is 59.6 Å². The molecule has 0 bridgehead atoms. The normalized spacial score (nSPS) is 10.2. The zero-order valence-corrected chi connectivity index (χ0v) is 13.6. The molecule has 0 saturated carbocycles. The molecule has 110 valence electrons. The second-order valence-corrected chi connectivity index (χ2v) is 5.54. The van der Waals surface area contributed by atoms with Gasteiger partial charge in [-0.2, -0.15) is 0 Å². The Balaban J connectivity index is 1.89. The van der Waals surface area contributed by atoms with Crippen molar-refractivity contribution in [3.63, 3.8) is 0 Å². The van der Waals surface area contributed by atoms with Crippen molar-refractivity contribution in [2.75, 3.05) is 13.2 Å². The molecule has 2 aromatic carbocycles. The molecule has 0 N–H and O–H groups in total. The van der Waals surface area contributed by atoms with E-state index in [-0.39, 0.29) is 5.78 Å². The maximum atomic E-state index is 11.5. The minimum Gasteiger partial charge on any atom is -0.489 e. The van der Waals surface area contributed by atoms with Crippen LogP contribution in [0.25, 0.3) is 0 Å². The molecule has 2 rings (SSSR count). The topological polar surface area (TPSA) is 35.5 Å². The summed E-state index contributed by atoms with van der Waals surface area (Å²) in [5.74, 6) is 1.37. The van der Waals surface area contributed by atoms with Crippen molar-refractivity contribution in [2.45, 2.75) is 13.8 Å². The first kappa shape index (κ1) is 15.6. The van der Waals surface area contributed by atoms with E-state index in [0.717, 1.165) is 10.2 Å². The van der Waals surface area contributed by atoms with Crippen molar-refractivity contribution in [1.82, 2.24) is 0 Å². The van der Waals surface area contributed by atoms with Gasteiger partial charge in [0.25, 0.3) is 0 Å². The number of ketones is 1. The number of carbonyl (C=O) groups excluding carboxylic acids is 1. The van der Waals surface area contributed by atoms with Crippen molar-refractivity contribution < 1.29 is 14.3 Å². The molecule has 2 aromatic rings. The highest BCUT2D eigenvalue weighted by molar-refractivity contribution is 9.10. The highest BCUT2D eigenvalue weighted by atomic mass is 79.9. The zero-order chi connectivity index (χ0) is 15.2. The first-order valence-electron chi connectivity index (χ1n) is 6.69. The predicted molar refractivity (Wildman–Crippen MR) is 86.3 cm³/mol. The number of rotatable bonds is 6. The second-order valence-electron chi connectivity index (χ2n) is 4.68. The number of benzene rings is 2. The van der Waals surface area contributed by atoms with Gasteiger partial charge in [-0.15, -0.1) is 0 Å². The van der Waals surface area contributed by atoms with E-state index in [9.17, 15) is 4.79 Å². The fourth-order valence-electron chi connectivity index (χ4n) is 1.91. The minimum absolute atomic E-state index is 0.00667. The van der Waals surface area contributed by atoms with Crippen molar-refractivity contribution >= 4 is 21.7 Å². The van der Waals surface area contributed by atoms with Crippen LogP contribution >= 0.6 is 15.9 Å². The van der Waals surface area contributed by atoms with Gasteiger partial charge in [0.2, 0.25) is 0 Å². The van der Waals surface area contributed by atoms with Crippen molar-refractivity contribution in [3.05, 3.63) is 58.1 Å². The third-order valence-electron chi connectivity index (χ3n) is 2.95. The van der Waals surface area contributed by atoms with E-state index < -0.39 is 0 Å². The van der Waals surface area contributed by atoms with E-state index in [1.54, 1.807) is 12.1 Å². The first-order chi connectivity index (χ1) is 10.1. The van der Waals surface area contributed by atoms with Crippen LogP contribution in [0.1, 0.15) is 22.8 Å². The predicted octanol–water partition coefficient (Wildman–Crippen LogP) is 4.42. The SMILES string of the molecule is CC(=O)c1ccccc1OCCOc1ccc(C)cc1Br. The largest absolute Gasteiger partial charge is 0.489 e. The number of para-hydroxylation sites is 1. The van der Waals surface area contributed by atoms with E-state index in [0.29, 0.717) is 24.5 Å². The fraction of sp³-hybridized carbons (Fsp3) is 0.235. The van der Waals surface area contributed by atoms with Crippen LogP contribution in [0.15, 0.2) is 46.9 Å². The maximum absolute atomic E-state index is 11.5. The van der Waals surface area contributed by atoms with Gasteiger partial charge in [-0.25, -0.2) is 0 Å². The van der Waals surface area contributed by atoms with Crippen LogP contribution in [0.2, 0.25) is 0 Å². The fourth-order valence-corrected chi connectivity index (χ4v) is 2.52. The Labute approximate surface area is 133 Å². The minimum atomic E-state index is -0.00667. The van der Waals surface area contributed by atoms with Gasteiger partial charge >= 0.3 is 0 Å². The number of halogens is 1. The number of aryl methyl sites for hydroxylation is 1. The van der Waals surface area contributed by atoms with Gasteiger partial charge in [-0.3, -0.25) is 4.79 Å². The molecule has 0 amide bonds. The summed E-state index contributed by atoms with van der Waals surface area (Å²) in [6, 6.07) is 13.1. The first-order valence-corrected chi connectivity index (χ1v) is 7.49. The monoisotopic (exact) mass is 348 g/mol. The summed E-state index contributed by atoms with van der Waals surface area (Å²) in [7, 11) is 0. The van der Waals surface area contributed by atoms with Crippen molar-refractivity contribution in [2.24, 2.45) is 0 Å². The third-order valence-corrected chi connectivity index (χ3v) is 3.57. The van der Waals surface area contributed by atoms with Crippen LogP contribution in [0.3, 0.4) is 0 Å². The molecule has 0 heterocycles. The highest BCUT2D eigenvalue weighted by Gasteiger charge is 2.07. The lowest BCUT2D eigenvalue weighted by molar-refractivity contribution is 0.101. The van der Waals surface area contributed by atoms with Crippen LogP contribution in [0.5, 0.6) is 11.5 Å². The number of carbonyl (C=O) groups is 1. The van der Waals surface area contributed by atoms with E-state index in [1.165, 1.54) is 12.5 Å². The lowest BCUT2D eigenvalue weighted by Gasteiger charge is -2.11. The molecule has 4 heteroatoms. The molecular formula is C17H17BrO3. The standard InChI is InChI=1S/C17H17BrO3/c1-12-7-8-17(15(18)11-12)21-10-9-20-16-6-4-3-5-14(16)13(2)19/h3-8,11H,9-10H2,1-2H3. The summed E-state index contributed by atoms with van der Waals surface area (Å²) < 4.78 is 12.2. The number of Topliss-reactive ketones (excluding diaryl/α,β-unsaturated/α-hetero) is 1. The Hall–Kier alpha value is -1.81. The van der Waals surface area contributed by atoms with Crippen molar-refractivity contribution in [3.8, 4) is 11.5 Å². The molecule has 0 spiro atoms. The van der Waals surface area contributed by atoms with Crippen LogP contribution in [0.4, 0.5) is 0 Å². The van der Waals surface area contributed by atoms with Crippen LogP contribution in [-0.2, 0) is 0 Å². The van der Waals surface area contributed by atoms with Gasteiger partial charge in [-0.1, -0.05) is 18.2 Å². The van der Waals surface area contributed by atoms with Crippen LogP contribution in [0, 0.1) is 6.92 Å². The smallest absolute Gasteiger partial charge is 0.163 e. The summed E-state index contributed by atoms with van der Waals surface area (Å²) >= 11 is 3.46. The van der Waals surface area contributed by atoms with Gasteiger partial charge in [0.15, 0.2) is 5.78 Å². The van der Waals surface area contributed by atoms with Gasteiger partial charge in [0.1, 0.15) is 24.7 Å². The third kappa shape index (κ3) is 4.33. The Bertz CT molecular complexity index is 638. The molecule has 0 aliphatic heterocycles. The molecule has 0 unspecified atom stereocenters. The van der Waals surface area contributed by atoms with E-state index in [2.05, 4.69) is 15.9 Å². The summed E-state index contributed by atoms with van der Waals surface area (Å²) in [5.41, 5.74) is 1.76. The van der Waals surface area contributed by atoms with Gasteiger partial charge in [0, 0.05) is 0 Å². The quantitative estimate of drug-likeness (QED) is 0.572. The van der Waals surface area contributed by atoms with E-state index >= 15 is 0 Å². The average Bonchev–Trinajstić information content (AvgIpc) is 2.45. The number of ether oxygens (including phenoxy) is 2. The molecule has 0 aliphatic rings. The average molecular weight is 349 g/mol. The summed E-state index contributed by atoms with van der Waals surface area (Å²) in [6.07, 6.45) is 0. The Kier molecular flexibility index (Phi) is 5.39. The Morgan fingerprint density at radius 1 is 1.05 bits per heavy atom. The second kappa shape index (κ2) is 7.27. The lowest BCUT2D eigenvalue weighted by Crippen LogP contribution is -2.11. The molecule has 0 aliphatic carbocycles. The number of hydrogen-bond donors (Lipinski definition) is 0. The summed E-state index contributed by atoms with van der Waals surface area (Å²) in [5, 5.41) is 0. The van der Waals surface area contributed by atoms with Gasteiger partial charge < -0.3 is 9.47 Å². The molecule has 0 fully saturated rings. The highest BCUT2D eigenvalue weighted by Crippen LogP contribution is 2.25. The molecule has 0 atom stereocenters. The Morgan fingerprint density at radius 3 is 2.38 bits per heavy atom. The molecule has 3 nitrogen and oxygen atoms in total. The molecule has 21 heavy (non-hydrogen) atoms. The molecule has 0 aromatic heterocycles. The molecular weight excluding hydrogens is 332 g/mol. The maximum Gasteiger partial charge on any atom is 0.163 e. The Morgan fingerprint density at radius 2 is 1.71 bits per heavy atom. The lowest BCUT2D eigenvalue weighted by atomic mass is 10.1. The molecule has 0 radical (unpaired) electrons. The van der Waals surface area contributed by atoms with Crippen molar-refractivity contribution in [1.29, 1.82) is 0 Å². The summed E-state index contributed by atoms with van der Waals surface area (Å²) in [4.78, 5) is 11.5. The number of hydrogen-bond acceptors (Lipinski definition) is 3. The van der Waals surface area contributed by atoms with E-state index in [1.807, 2.05) is 37.3 Å². The van der Waals surface area contributed by atoms with Crippen LogP contribution in [-0.4, -0.2) is 19.0 Å². The molecule has 0 saturated heterocycles. The van der Waals surface area contributed by atoms with E-state index in [4.69, 9.17) is 9.47 Å². The summed E-state index contributed by atoms with van der Waals surface area (Å²) in [6.45, 7) is 4.34. The van der Waals surface area contributed by atoms with Crippen LogP contribution < -0.4 is 9.47 Å². The zero-order valence-electron chi connectivity index (χ0n) is 12.1.